The Balaban J connectivity index is 1.18. The molecule has 48 heavy (non-hydrogen) atoms. The molecule has 0 radical (unpaired) electrons. The number of rotatable bonds is 2. The van der Waals surface area contributed by atoms with E-state index in [2.05, 4.69) is 158 Å². The molecule has 0 N–H and O–H groups in total. The van der Waals surface area contributed by atoms with Gasteiger partial charge in [-0.1, -0.05) is 115 Å². The van der Waals surface area contributed by atoms with Crippen molar-refractivity contribution in [3.8, 4) is 22.3 Å². The molecule has 2 aromatic heterocycles. The van der Waals surface area contributed by atoms with Crippen LogP contribution in [0, 0.1) is 0 Å². The van der Waals surface area contributed by atoms with Gasteiger partial charge in [0.05, 0.1) is 0 Å². The van der Waals surface area contributed by atoms with Gasteiger partial charge in [-0.3, -0.25) is 0 Å². The van der Waals surface area contributed by atoms with Crippen molar-refractivity contribution in [3.63, 3.8) is 0 Å². The summed E-state index contributed by atoms with van der Waals surface area (Å²) in [5.41, 5.74) is 5.16. The second-order valence-electron chi connectivity index (χ2n) is 12.8. The Morgan fingerprint density at radius 3 is 1.46 bits per heavy atom. The van der Waals surface area contributed by atoms with E-state index in [0.717, 1.165) is 0 Å². The molecule has 9 aromatic carbocycles. The molecule has 0 amide bonds. The van der Waals surface area contributed by atoms with Gasteiger partial charge in [-0.25, -0.2) is 0 Å². The highest BCUT2D eigenvalue weighted by Crippen LogP contribution is 2.47. The highest BCUT2D eigenvalue weighted by Gasteiger charge is 2.19. The lowest BCUT2D eigenvalue weighted by atomic mass is 9.84. The molecular weight excluding hydrogens is 617 g/mol. The Morgan fingerprint density at radius 1 is 0.271 bits per heavy atom. The Morgan fingerprint density at radius 2 is 0.771 bits per heavy atom. The fourth-order valence-electron chi connectivity index (χ4n) is 8.07. The quantitative estimate of drug-likeness (QED) is 0.165. The van der Waals surface area contributed by atoms with Gasteiger partial charge in [0.25, 0.3) is 0 Å². The highest BCUT2D eigenvalue weighted by molar-refractivity contribution is 7.26. The van der Waals surface area contributed by atoms with Gasteiger partial charge in [0.2, 0.25) is 0 Å². The molecule has 0 unspecified atom stereocenters. The molecule has 0 nitrogen and oxygen atoms in total. The first kappa shape index (κ1) is 26.5. The van der Waals surface area contributed by atoms with Gasteiger partial charge < -0.3 is 0 Å². The zero-order valence-electron chi connectivity index (χ0n) is 25.8. The van der Waals surface area contributed by atoms with Crippen LogP contribution in [0.3, 0.4) is 0 Å². The summed E-state index contributed by atoms with van der Waals surface area (Å²) in [6.45, 7) is 0. The minimum atomic E-state index is 1.26. The first-order chi connectivity index (χ1) is 23.8. The summed E-state index contributed by atoms with van der Waals surface area (Å²) in [5.74, 6) is 0. The molecule has 0 aliphatic carbocycles. The predicted molar refractivity (Wildman–Crippen MR) is 213 cm³/mol. The van der Waals surface area contributed by atoms with Crippen molar-refractivity contribution in [1.29, 1.82) is 0 Å². The van der Waals surface area contributed by atoms with Gasteiger partial charge in [-0.05, 0) is 108 Å². The van der Waals surface area contributed by atoms with Gasteiger partial charge in [-0.2, -0.15) is 0 Å². The van der Waals surface area contributed by atoms with Crippen molar-refractivity contribution in [2.24, 2.45) is 0 Å². The van der Waals surface area contributed by atoms with E-state index >= 15 is 0 Å². The largest absolute Gasteiger partial charge is 0.135 e. The molecule has 11 aromatic rings. The molecule has 0 atom stereocenters. The third-order valence-electron chi connectivity index (χ3n) is 10.2. The van der Waals surface area contributed by atoms with E-state index in [4.69, 9.17) is 0 Å². The maximum absolute atomic E-state index is 2.45. The predicted octanol–water partition coefficient (Wildman–Crippen LogP) is 14.4. The number of thiophene rings is 2. The third kappa shape index (κ3) is 3.76. The number of hydrogen-bond acceptors (Lipinski definition) is 2. The van der Waals surface area contributed by atoms with Crippen molar-refractivity contribution in [2.75, 3.05) is 0 Å². The zero-order valence-corrected chi connectivity index (χ0v) is 27.5. The molecular formula is C46H26S2. The summed E-state index contributed by atoms with van der Waals surface area (Å²) in [6, 6.07) is 59.0. The van der Waals surface area contributed by atoms with Gasteiger partial charge in [0, 0.05) is 40.3 Å². The van der Waals surface area contributed by atoms with Crippen LogP contribution >= 0.6 is 22.7 Å². The summed E-state index contributed by atoms with van der Waals surface area (Å²) in [6.07, 6.45) is 0. The van der Waals surface area contributed by atoms with Gasteiger partial charge in [0.15, 0.2) is 0 Å². The highest BCUT2D eigenvalue weighted by atomic mass is 32.1. The van der Waals surface area contributed by atoms with E-state index in [1.807, 2.05) is 22.7 Å². The normalized spacial score (nSPS) is 12.2. The topological polar surface area (TPSA) is 0 Å². The lowest BCUT2D eigenvalue weighted by Gasteiger charge is -2.19. The van der Waals surface area contributed by atoms with E-state index < -0.39 is 0 Å². The molecule has 0 bridgehead atoms. The van der Waals surface area contributed by atoms with Crippen LogP contribution in [0.4, 0.5) is 0 Å². The molecule has 0 spiro atoms. The first-order valence-corrected chi connectivity index (χ1v) is 18.1. The summed E-state index contributed by atoms with van der Waals surface area (Å²) >= 11 is 3.79. The minimum Gasteiger partial charge on any atom is -0.135 e. The molecule has 0 fully saturated rings. The second-order valence-corrected chi connectivity index (χ2v) is 15.0. The monoisotopic (exact) mass is 642 g/mol. The van der Waals surface area contributed by atoms with E-state index in [1.54, 1.807) is 0 Å². The fourth-order valence-corrected chi connectivity index (χ4v) is 10.3. The third-order valence-corrected chi connectivity index (χ3v) is 12.5. The minimum absolute atomic E-state index is 1.26. The smallest absolute Gasteiger partial charge is 0.0361 e. The fraction of sp³-hybridized carbons (Fsp3) is 0. The molecule has 222 valence electrons. The van der Waals surface area contributed by atoms with Crippen LogP contribution in [0.5, 0.6) is 0 Å². The van der Waals surface area contributed by atoms with Gasteiger partial charge in [-0.15, -0.1) is 22.7 Å². The molecule has 0 aliphatic heterocycles. The summed E-state index contributed by atoms with van der Waals surface area (Å²) in [4.78, 5) is 0. The molecule has 0 saturated heterocycles. The lowest BCUT2D eigenvalue weighted by Crippen LogP contribution is -1.91. The Kier molecular flexibility index (Phi) is 5.51. The van der Waals surface area contributed by atoms with Crippen molar-refractivity contribution in [2.45, 2.75) is 0 Å². The Bertz CT molecular complexity index is 3060. The molecule has 2 heterocycles. The van der Waals surface area contributed by atoms with Crippen LogP contribution in [0.1, 0.15) is 0 Å². The maximum Gasteiger partial charge on any atom is 0.0361 e. The SMILES string of the molecule is c1ccc2c(-c3c4ccccc4c(-c4ccc5sc6cc7cc8c(cc7cc6c5c4)sc4ccccc48)c4ccccc34)cccc2c1. The van der Waals surface area contributed by atoms with E-state index in [1.165, 1.54) is 106 Å². The maximum atomic E-state index is 2.45. The van der Waals surface area contributed by atoms with Crippen molar-refractivity contribution in [1.82, 2.24) is 0 Å². The van der Waals surface area contributed by atoms with Crippen molar-refractivity contribution >= 4 is 106 Å². The van der Waals surface area contributed by atoms with Crippen molar-refractivity contribution < 1.29 is 0 Å². The number of hydrogen-bond donors (Lipinski definition) is 0. The Hall–Kier alpha value is -5.54. The van der Waals surface area contributed by atoms with Crippen LogP contribution in [0.2, 0.25) is 0 Å². The Labute approximate surface area is 284 Å². The van der Waals surface area contributed by atoms with Crippen molar-refractivity contribution in [3.05, 3.63) is 158 Å². The number of fused-ring (bicyclic) bond motifs is 10. The standard InChI is InChI=1S/C46H26S2/c1-2-12-31-27(10-1)11-9-18-33(31)46-36-16-5-3-14-34(36)45(35-15-4-6-17-37(35)46)28-20-21-42-39(22-28)40-24-30-25-43-38(23-29(30)26-44(40)48-42)32-13-7-8-19-41(32)47-43/h1-26H. The van der Waals surface area contributed by atoms with E-state index in [-0.39, 0.29) is 0 Å². The van der Waals surface area contributed by atoms with Crippen LogP contribution in [-0.2, 0) is 0 Å². The average molecular weight is 643 g/mol. The first-order valence-electron chi connectivity index (χ1n) is 16.4. The summed E-state index contributed by atoms with van der Waals surface area (Å²) in [7, 11) is 0. The molecule has 11 rings (SSSR count). The van der Waals surface area contributed by atoms with E-state index in [9.17, 15) is 0 Å². The zero-order chi connectivity index (χ0) is 31.3. The average Bonchev–Trinajstić information content (AvgIpc) is 3.68. The van der Waals surface area contributed by atoms with Gasteiger partial charge in [0.1, 0.15) is 0 Å². The molecule has 2 heteroatoms. The lowest BCUT2D eigenvalue weighted by molar-refractivity contribution is 1.69. The summed E-state index contributed by atoms with van der Waals surface area (Å²) < 4.78 is 5.38. The molecule has 0 saturated carbocycles. The van der Waals surface area contributed by atoms with Crippen LogP contribution in [0.25, 0.3) is 106 Å². The van der Waals surface area contributed by atoms with Crippen LogP contribution in [-0.4, -0.2) is 0 Å². The van der Waals surface area contributed by atoms with Gasteiger partial charge >= 0.3 is 0 Å². The second kappa shape index (κ2) is 9.98. The van der Waals surface area contributed by atoms with Crippen LogP contribution < -0.4 is 0 Å². The van der Waals surface area contributed by atoms with E-state index in [0.29, 0.717) is 0 Å². The number of benzene rings is 9. The van der Waals surface area contributed by atoms with Crippen LogP contribution in [0.15, 0.2) is 158 Å². The molecule has 0 aliphatic rings. The summed E-state index contributed by atoms with van der Waals surface area (Å²) in [5, 5.41) is 15.7.